The maximum atomic E-state index is 14.6. The highest BCUT2D eigenvalue weighted by Crippen LogP contribution is 2.33. The molecule has 0 aliphatic carbocycles. The summed E-state index contributed by atoms with van der Waals surface area (Å²) in [6.45, 7) is 18.8. The first-order chi connectivity index (χ1) is 18.4. The zero-order valence-corrected chi connectivity index (χ0v) is 25.7. The van der Waals surface area contributed by atoms with E-state index in [1.165, 1.54) is 12.1 Å². The van der Waals surface area contributed by atoms with E-state index in [2.05, 4.69) is 10.6 Å². The van der Waals surface area contributed by atoms with E-state index >= 15 is 0 Å². The summed E-state index contributed by atoms with van der Waals surface area (Å²) in [6, 6.07) is 10.1. The van der Waals surface area contributed by atoms with E-state index in [-0.39, 0.29) is 24.1 Å². The van der Waals surface area contributed by atoms with Gasteiger partial charge in [0.2, 0.25) is 11.8 Å². The third-order valence-electron chi connectivity index (χ3n) is 6.90. The van der Waals surface area contributed by atoms with Gasteiger partial charge in [-0.1, -0.05) is 37.3 Å². The molecule has 0 bridgehead atoms. The molecule has 0 aromatic heterocycles. The van der Waals surface area contributed by atoms with E-state index in [9.17, 15) is 19.5 Å². The molecule has 3 N–H and O–H groups in total. The smallest absolute Gasteiger partial charge is 0.408 e. The lowest BCUT2D eigenvalue weighted by Gasteiger charge is -2.45. The van der Waals surface area contributed by atoms with Gasteiger partial charge in [-0.05, 0) is 103 Å². The average molecular weight is 554 g/mol. The Bertz CT molecular complexity index is 1180. The number of aryl methyl sites for hydroxylation is 2. The molecule has 2 atom stereocenters. The Morgan fingerprint density at radius 1 is 0.925 bits per heavy atom. The number of benzene rings is 2. The first-order valence-corrected chi connectivity index (χ1v) is 13.9. The lowest BCUT2D eigenvalue weighted by Crippen LogP contribution is -2.60. The lowest BCUT2D eigenvalue weighted by atomic mass is 9.90. The number of hydrogen-bond donors (Lipinski definition) is 3. The summed E-state index contributed by atoms with van der Waals surface area (Å²) >= 11 is 0. The normalized spacial score (nSPS) is 13.4. The van der Waals surface area contributed by atoms with Crippen molar-refractivity contribution in [3.63, 3.8) is 0 Å². The number of carbonyl (C=O) groups is 3. The molecule has 0 saturated carbocycles. The fourth-order valence-electron chi connectivity index (χ4n) is 4.35. The molecule has 0 aliphatic heterocycles. The van der Waals surface area contributed by atoms with E-state index in [4.69, 9.17) is 4.74 Å². The summed E-state index contributed by atoms with van der Waals surface area (Å²) in [5, 5.41) is 15.5. The van der Waals surface area contributed by atoms with Gasteiger partial charge in [0.1, 0.15) is 23.4 Å². The molecule has 0 saturated heterocycles. The Kier molecular flexibility index (Phi) is 10.8. The topological polar surface area (TPSA) is 108 Å². The SMILES string of the molecule is CCC(C)(C)N(C(=O)C(Cc1ccc(O)cc1)NC(=O)OC(C)(C)C)C(C(=O)NC(C)C)c1ccc(C)c(C)c1. The van der Waals surface area contributed by atoms with Crippen molar-refractivity contribution in [3.05, 3.63) is 64.7 Å². The molecule has 2 rings (SSSR count). The summed E-state index contributed by atoms with van der Waals surface area (Å²) in [7, 11) is 0. The molecule has 8 nitrogen and oxygen atoms in total. The second-order valence-electron chi connectivity index (χ2n) is 12.4. The van der Waals surface area contributed by atoms with Gasteiger partial charge in [-0.25, -0.2) is 4.79 Å². The number of nitrogens with zero attached hydrogens (tertiary/aromatic N) is 1. The predicted molar refractivity (Wildman–Crippen MR) is 158 cm³/mol. The third kappa shape index (κ3) is 9.00. The minimum Gasteiger partial charge on any atom is -0.508 e. The average Bonchev–Trinajstić information content (AvgIpc) is 2.83. The number of nitrogens with one attached hydrogen (secondary N) is 2. The molecular formula is C32H47N3O5. The van der Waals surface area contributed by atoms with Crippen molar-refractivity contribution in [3.8, 4) is 5.75 Å². The minimum absolute atomic E-state index is 0.0978. The zero-order valence-electron chi connectivity index (χ0n) is 25.7. The van der Waals surface area contributed by atoms with Crippen molar-refractivity contribution < 1.29 is 24.2 Å². The molecule has 3 amide bonds. The van der Waals surface area contributed by atoms with Gasteiger partial charge in [-0.3, -0.25) is 9.59 Å². The maximum absolute atomic E-state index is 14.6. The van der Waals surface area contributed by atoms with E-state index in [0.717, 1.165) is 16.7 Å². The number of rotatable bonds is 10. The highest BCUT2D eigenvalue weighted by molar-refractivity contribution is 5.93. The molecular weight excluding hydrogens is 506 g/mol. The van der Waals surface area contributed by atoms with Crippen LogP contribution in [0.3, 0.4) is 0 Å². The van der Waals surface area contributed by atoms with Crippen molar-refractivity contribution >= 4 is 17.9 Å². The van der Waals surface area contributed by atoms with Crippen LogP contribution in [0.15, 0.2) is 42.5 Å². The summed E-state index contributed by atoms with van der Waals surface area (Å²) < 4.78 is 5.50. The van der Waals surface area contributed by atoms with Gasteiger partial charge in [0.05, 0.1) is 0 Å². The Hall–Kier alpha value is -3.55. The second-order valence-corrected chi connectivity index (χ2v) is 12.4. The standard InChI is InChI=1S/C32H47N3O5/c1-11-32(9,10)35(27(28(37)33-20(2)3)24-15-12-21(4)22(5)18-24)29(38)26(34-30(39)40-31(6,7)8)19-23-13-16-25(36)17-14-23/h12-18,20,26-27,36H,11,19H2,1-10H3,(H,33,37)(H,34,39). The van der Waals surface area contributed by atoms with Crippen LogP contribution in [0.4, 0.5) is 4.79 Å². The molecule has 220 valence electrons. The first kappa shape index (κ1) is 32.7. The quantitative estimate of drug-likeness (QED) is 0.348. The maximum Gasteiger partial charge on any atom is 0.408 e. The Labute approximate surface area is 239 Å². The Morgan fingerprint density at radius 2 is 1.52 bits per heavy atom. The highest BCUT2D eigenvalue weighted by Gasteiger charge is 2.43. The fourth-order valence-corrected chi connectivity index (χ4v) is 4.35. The number of amides is 3. The van der Waals surface area contributed by atoms with E-state index in [1.54, 1.807) is 37.8 Å². The van der Waals surface area contributed by atoms with Crippen LogP contribution < -0.4 is 10.6 Å². The third-order valence-corrected chi connectivity index (χ3v) is 6.90. The fraction of sp³-hybridized carbons (Fsp3) is 0.531. The summed E-state index contributed by atoms with van der Waals surface area (Å²) in [5.74, 6) is -0.609. The lowest BCUT2D eigenvalue weighted by molar-refractivity contribution is -0.149. The predicted octanol–water partition coefficient (Wildman–Crippen LogP) is 5.73. The number of hydrogen-bond acceptors (Lipinski definition) is 5. The number of carbonyl (C=O) groups excluding carboxylic acids is 3. The molecule has 0 spiro atoms. The van der Waals surface area contributed by atoms with Gasteiger partial charge >= 0.3 is 6.09 Å². The van der Waals surface area contributed by atoms with Gasteiger partial charge in [0.15, 0.2) is 0 Å². The van der Waals surface area contributed by atoms with Gasteiger partial charge in [0, 0.05) is 18.0 Å². The van der Waals surface area contributed by atoms with Gasteiger partial charge < -0.3 is 25.4 Å². The molecule has 8 heteroatoms. The van der Waals surface area contributed by atoms with Crippen LogP contribution in [-0.2, 0) is 20.7 Å². The van der Waals surface area contributed by atoms with Crippen molar-refractivity contribution in [2.75, 3.05) is 0 Å². The Balaban J connectivity index is 2.69. The van der Waals surface area contributed by atoms with Crippen LogP contribution >= 0.6 is 0 Å². The van der Waals surface area contributed by atoms with Crippen LogP contribution in [0, 0.1) is 13.8 Å². The number of phenols is 1. The molecule has 40 heavy (non-hydrogen) atoms. The van der Waals surface area contributed by atoms with E-state index in [0.29, 0.717) is 12.0 Å². The van der Waals surface area contributed by atoms with Crippen molar-refractivity contribution in [1.82, 2.24) is 15.5 Å². The Morgan fingerprint density at radius 3 is 2.02 bits per heavy atom. The number of ether oxygens (including phenoxy) is 1. The van der Waals surface area contributed by atoms with Crippen molar-refractivity contribution in [2.24, 2.45) is 0 Å². The summed E-state index contributed by atoms with van der Waals surface area (Å²) in [5.41, 5.74) is 1.99. The highest BCUT2D eigenvalue weighted by atomic mass is 16.6. The first-order valence-electron chi connectivity index (χ1n) is 13.9. The van der Waals surface area contributed by atoms with Gasteiger partial charge in [0.25, 0.3) is 0 Å². The van der Waals surface area contributed by atoms with Crippen LogP contribution in [0.1, 0.15) is 90.1 Å². The minimum atomic E-state index is -1.04. The van der Waals surface area contributed by atoms with Gasteiger partial charge in [-0.15, -0.1) is 0 Å². The molecule has 2 unspecified atom stereocenters. The molecule has 2 aromatic rings. The van der Waals surface area contributed by atoms with Crippen LogP contribution in [-0.4, -0.2) is 51.1 Å². The monoisotopic (exact) mass is 553 g/mol. The second kappa shape index (κ2) is 13.2. The molecule has 0 heterocycles. The van der Waals surface area contributed by atoms with Crippen molar-refractivity contribution in [2.45, 2.75) is 111 Å². The van der Waals surface area contributed by atoms with Gasteiger partial charge in [-0.2, -0.15) is 0 Å². The number of aromatic hydroxyl groups is 1. The molecule has 0 fully saturated rings. The number of phenolic OH excluding ortho intramolecular Hbond substituents is 1. The van der Waals surface area contributed by atoms with E-state index in [1.807, 2.05) is 66.7 Å². The molecule has 0 aliphatic rings. The van der Waals surface area contributed by atoms with Crippen molar-refractivity contribution in [1.29, 1.82) is 0 Å². The van der Waals surface area contributed by atoms with Crippen LogP contribution in [0.5, 0.6) is 5.75 Å². The largest absolute Gasteiger partial charge is 0.508 e. The van der Waals surface area contributed by atoms with Crippen LogP contribution in [0.2, 0.25) is 0 Å². The summed E-state index contributed by atoms with van der Waals surface area (Å²) in [4.78, 5) is 43.0. The molecule has 2 aromatic carbocycles. The van der Waals surface area contributed by atoms with Crippen LogP contribution in [0.25, 0.3) is 0 Å². The molecule has 0 radical (unpaired) electrons. The zero-order chi connectivity index (χ0) is 30.4. The number of alkyl carbamates (subject to hydrolysis) is 1. The summed E-state index contributed by atoms with van der Waals surface area (Å²) in [6.07, 6.45) is -0.0266. The van der Waals surface area contributed by atoms with E-state index < -0.39 is 35.2 Å².